The summed E-state index contributed by atoms with van der Waals surface area (Å²) in [6, 6.07) is 26.6. The molecule has 2 aliphatic carbocycles. The summed E-state index contributed by atoms with van der Waals surface area (Å²) in [4.78, 5) is 68.1. The van der Waals surface area contributed by atoms with Crippen LogP contribution in [-0.2, 0) is 52.3 Å². The average Bonchev–Trinajstić information content (AvgIpc) is 2.57. The van der Waals surface area contributed by atoms with Gasteiger partial charge in [-0.3, -0.25) is 0 Å². The SMILES string of the molecule is C=C(C)C(=O)OC1(C)CCCC1.C=C(C)C(=O)OC1CCOC1=O.C=C(C)C(=O)Oc1ccc(OC(C)OCC)cc1.C=Cc1ccc(C(=O)OC2(CC)CCCCC2)cc1.C=Cc1ccc(O)c(C(=O)OC(C)(C)C)c1.C=Cc1ccc(OC(C)OCC)cc1. The first kappa shape index (κ1) is 78.6. The molecular formula is C74H98O17. The van der Waals surface area contributed by atoms with Gasteiger partial charge in [0, 0.05) is 36.4 Å². The van der Waals surface area contributed by atoms with Gasteiger partial charge in [-0.25, -0.2) is 28.8 Å². The molecule has 7 rings (SSSR count). The second-order valence-corrected chi connectivity index (χ2v) is 22.9. The van der Waals surface area contributed by atoms with Crippen LogP contribution in [0, 0.1) is 0 Å². The van der Waals surface area contributed by atoms with E-state index in [2.05, 4.69) is 51.1 Å². The maximum Gasteiger partial charge on any atom is 0.347 e. The number of esters is 6. The third kappa shape index (κ3) is 30.7. The van der Waals surface area contributed by atoms with Crippen LogP contribution in [0.15, 0.2) is 147 Å². The average molecular weight is 1260 g/mol. The molecular weight excluding hydrogens is 1160 g/mol. The molecule has 0 aromatic heterocycles. The highest BCUT2D eigenvalue weighted by Gasteiger charge is 2.35. The lowest BCUT2D eigenvalue weighted by Gasteiger charge is -2.36. The van der Waals surface area contributed by atoms with Crippen LogP contribution in [0.1, 0.15) is 191 Å². The first-order valence-electron chi connectivity index (χ1n) is 30.8. The summed E-state index contributed by atoms with van der Waals surface area (Å²) in [6.07, 6.45) is 15.2. The molecule has 0 radical (unpaired) electrons. The minimum atomic E-state index is -0.728. The molecule has 1 heterocycles. The molecule has 3 aliphatic rings. The summed E-state index contributed by atoms with van der Waals surface area (Å²) >= 11 is 0. The van der Waals surface area contributed by atoms with Crippen molar-refractivity contribution in [3.63, 3.8) is 0 Å². The Labute approximate surface area is 540 Å². The van der Waals surface area contributed by atoms with E-state index < -0.39 is 35.6 Å². The van der Waals surface area contributed by atoms with Gasteiger partial charge in [-0.1, -0.05) is 101 Å². The molecule has 0 amide bonds. The van der Waals surface area contributed by atoms with Gasteiger partial charge in [0.15, 0.2) is 12.6 Å². The van der Waals surface area contributed by atoms with E-state index in [1.807, 2.05) is 83.1 Å². The number of ether oxygens (including phenoxy) is 10. The van der Waals surface area contributed by atoms with Crippen LogP contribution < -0.4 is 14.2 Å². The van der Waals surface area contributed by atoms with Gasteiger partial charge in [0.25, 0.3) is 0 Å². The number of benzene rings is 4. The van der Waals surface area contributed by atoms with Gasteiger partial charge < -0.3 is 52.5 Å². The first-order valence-corrected chi connectivity index (χ1v) is 30.8. The molecule has 0 bridgehead atoms. The number of carbonyl (C=O) groups is 6. The van der Waals surface area contributed by atoms with Crippen molar-refractivity contribution < 1.29 is 81.2 Å². The van der Waals surface area contributed by atoms with Crippen molar-refractivity contribution in [2.24, 2.45) is 0 Å². The third-order valence-electron chi connectivity index (χ3n) is 13.7. The maximum atomic E-state index is 12.2. The Balaban J connectivity index is 0.000000375. The zero-order valence-corrected chi connectivity index (χ0v) is 55.7. The van der Waals surface area contributed by atoms with Crippen LogP contribution in [0.3, 0.4) is 0 Å². The number of rotatable bonds is 21. The van der Waals surface area contributed by atoms with Crippen LogP contribution in [0.4, 0.5) is 0 Å². The second kappa shape index (κ2) is 40.3. The predicted octanol–water partition coefficient (Wildman–Crippen LogP) is 16.5. The Morgan fingerprint density at radius 3 is 1.49 bits per heavy atom. The van der Waals surface area contributed by atoms with Gasteiger partial charge in [-0.2, -0.15) is 0 Å². The topological polar surface area (TPSA) is 215 Å². The summed E-state index contributed by atoms with van der Waals surface area (Å²) in [7, 11) is 0. The number of cyclic esters (lactones) is 1. The molecule has 3 atom stereocenters. The number of hydrogen-bond donors (Lipinski definition) is 1. The third-order valence-corrected chi connectivity index (χ3v) is 13.7. The number of aromatic hydroxyl groups is 1. The van der Waals surface area contributed by atoms with Crippen LogP contribution in [0.5, 0.6) is 23.0 Å². The van der Waals surface area contributed by atoms with Gasteiger partial charge in [0.05, 0.1) is 12.2 Å². The van der Waals surface area contributed by atoms with Crippen LogP contribution in [0.25, 0.3) is 18.2 Å². The standard InChI is InChI=1S/C17H22O2.C14H18O4.C13H16O3.C12H16O2.C10H16O2.C8H10O4/c1-3-14-8-10-15(11-9-14)16(18)19-17(4-2)12-6-5-7-13-17;1-5-16-11(4)17-12-6-8-13(9-7-12)18-14(15)10(2)3;1-5-9-6-7-11(14)10(8-9)12(15)16-13(2,3)4;1-4-11-6-8-12(9-7-11)14-10(3)13-5-2;1-8(2)9(11)12-10(3)6-4-5-7-10;1-5(2)7(9)12-6-3-4-11-8(6)10/h3,8-11H,1,4-7,12-13H2,2H3;6-9,11H,2,5H2,1,3-4H3;5-8,14H,1H2,2-4H3;4,6-10H,1,5H2,2-3H3;1,4-7H2,2-3H3;6H,1,3-4H2,2H3. The van der Waals surface area contributed by atoms with E-state index in [4.69, 9.17) is 42.6 Å². The summed E-state index contributed by atoms with van der Waals surface area (Å²) in [5.41, 5.74) is 3.77. The first-order chi connectivity index (χ1) is 42.9. The molecule has 1 aliphatic heterocycles. The summed E-state index contributed by atoms with van der Waals surface area (Å²) < 4.78 is 52.2. The van der Waals surface area contributed by atoms with E-state index in [-0.39, 0.29) is 52.6 Å². The number of carbonyl (C=O) groups excluding carboxylic acids is 6. The summed E-state index contributed by atoms with van der Waals surface area (Å²) in [5.74, 6) is -0.579. The minimum absolute atomic E-state index is 0.0835. The molecule has 4 aromatic rings. The largest absolute Gasteiger partial charge is 0.507 e. The maximum absolute atomic E-state index is 12.2. The Bertz CT molecular complexity index is 3010. The van der Waals surface area contributed by atoms with Crippen molar-refractivity contribution in [3.8, 4) is 23.0 Å². The number of phenols is 1. The molecule has 91 heavy (non-hydrogen) atoms. The molecule has 1 saturated heterocycles. The minimum Gasteiger partial charge on any atom is -0.507 e. The van der Waals surface area contributed by atoms with E-state index in [0.717, 1.165) is 67.4 Å². The second-order valence-electron chi connectivity index (χ2n) is 22.9. The molecule has 17 nitrogen and oxygen atoms in total. The van der Waals surface area contributed by atoms with Gasteiger partial charge in [-0.15, -0.1) is 0 Å². The van der Waals surface area contributed by atoms with E-state index >= 15 is 0 Å². The Morgan fingerprint density at radius 1 is 0.615 bits per heavy atom. The molecule has 17 heteroatoms. The lowest BCUT2D eigenvalue weighted by atomic mass is 9.82. The molecule has 3 unspecified atom stereocenters. The monoisotopic (exact) mass is 1260 g/mol. The van der Waals surface area contributed by atoms with E-state index in [1.54, 1.807) is 89.2 Å². The van der Waals surface area contributed by atoms with Crippen molar-refractivity contribution in [3.05, 3.63) is 175 Å². The fraction of sp³-hybridized carbons (Fsp3) is 0.432. The molecule has 2 saturated carbocycles. The van der Waals surface area contributed by atoms with Gasteiger partial charge in [0.1, 0.15) is 45.4 Å². The predicted molar refractivity (Wildman–Crippen MR) is 356 cm³/mol. The zero-order chi connectivity index (χ0) is 68.3. The Morgan fingerprint density at radius 2 is 1.07 bits per heavy atom. The Kier molecular flexibility index (Phi) is 34.7. The normalized spacial score (nSPS) is 15.4. The lowest BCUT2D eigenvalue weighted by molar-refractivity contribution is -0.157. The highest BCUT2D eigenvalue weighted by molar-refractivity contribution is 5.93. The summed E-state index contributed by atoms with van der Waals surface area (Å²) in [6.45, 7) is 44.8. The lowest BCUT2D eigenvalue weighted by Crippen LogP contribution is -2.36. The van der Waals surface area contributed by atoms with Crippen molar-refractivity contribution >= 4 is 54.0 Å². The van der Waals surface area contributed by atoms with E-state index in [9.17, 15) is 33.9 Å². The van der Waals surface area contributed by atoms with Gasteiger partial charge in [0.2, 0.25) is 6.10 Å². The zero-order valence-electron chi connectivity index (χ0n) is 55.7. The Hall–Kier alpha value is -8.54. The van der Waals surface area contributed by atoms with Crippen molar-refractivity contribution in [1.29, 1.82) is 0 Å². The van der Waals surface area contributed by atoms with Crippen LogP contribution >= 0.6 is 0 Å². The van der Waals surface area contributed by atoms with Crippen LogP contribution in [-0.4, -0.2) is 96.2 Å². The number of phenolic OH excluding ortho intramolecular Hbond substituents is 1. The van der Waals surface area contributed by atoms with Crippen molar-refractivity contribution in [2.45, 2.75) is 189 Å². The van der Waals surface area contributed by atoms with Crippen molar-refractivity contribution in [1.82, 2.24) is 0 Å². The smallest absolute Gasteiger partial charge is 0.347 e. The van der Waals surface area contributed by atoms with Gasteiger partial charge >= 0.3 is 35.8 Å². The van der Waals surface area contributed by atoms with E-state index in [0.29, 0.717) is 54.5 Å². The fourth-order valence-electron chi connectivity index (χ4n) is 8.65. The quantitative estimate of drug-likeness (QED) is 0.0270. The van der Waals surface area contributed by atoms with Crippen molar-refractivity contribution in [2.75, 3.05) is 19.8 Å². The van der Waals surface area contributed by atoms with Gasteiger partial charge in [-0.05, 0) is 211 Å². The molecule has 4 aromatic carbocycles. The highest BCUT2D eigenvalue weighted by Crippen LogP contribution is 2.36. The van der Waals surface area contributed by atoms with E-state index in [1.165, 1.54) is 32.3 Å². The highest BCUT2D eigenvalue weighted by atomic mass is 16.7. The number of hydrogen-bond acceptors (Lipinski definition) is 17. The summed E-state index contributed by atoms with van der Waals surface area (Å²) in [5, 5.41) is 9.56. The molecule has 1 N–H and O–H groups in total. The fourth-order valence-corrected chi connectivity index (χ4v) is 8.65. The molecule has 496 valence electrons. The van der Waals surface area contributed by atoms with Crippen LogP contribution in [0.2, 0.25) is 0 Å². The molecule has 3 fully saturated rings. The molecule has 0 spiro atoms.